The second-order valence-electron chi connectivity index (χ2n) is 3.88. The first-order valence-electron chi connectivity index (χ1n) is 5.62. The summed E-state index contributed by atoms with van der Waals surface area (Å²) in [5.74, 6) is 1.28. The molecule has 0 saturated heterocycles. The lowest BCUT2D eigenvalue weighted by molar-refractivity contribution is -0.139. The Morgan fingerprint density at radius 3 is 2.47 bits per heavy atom. The summed E-state index contributed by atoms with van der Waals surface area (Å²) in [6.07, 6.45) is 5.07. The van der Waals surface area contributed by atoms with Crippen LogP contribution in [0.1, 0.15) is 27.2 Å². The molecule has 0 aromatic heterocycles. The molecule has 5 nitrogen and oxygen atoms in total. The van der Waals surface area contributed by atoms with Crippen molar-refractivity contribution in [3.05, 3.63) is 0 Å². The average Bonchev–Trinajstić information content (AvgIpc) is 2.25. The first-order chi connectivity index (χ1) is 7.93. The van der Waals surface area contributed by atoms with Gasteiger partial charge < -0.3 is 10.4 Å². The number of hydrogen-bond acceptors (Lipinski definition) is 3. The largest absolute Gasteiger partial charge is 0.481 e. The Bertz CT molecular complexity index is 309. The van der Waals surface area contributed by atoms with E-state index in [2.05, 4.69) is 11.2 Å². The van der Waals surface area contributed by atoms with Crippen molar-refractivity contribution in [3.8, 4) is 12.3 Å². The van der Waals surface area contributed by atoms with Crippen LogP contribution in [-0.2, 0) is 9.59 Å². The zero-order valence-corrected chi connectivity index (χ0v) is 10.6. The quantitative estimate of drug-likeness (QED) is 0.628. The molecular formula is C12H20N2O3. The minimum atomic E-state index is -0.868. The van der Waals surface area contributed by atoms with Crippen LogP contribution in [0.3, 0.4) is 0 Å². The summed E-state index contributed by atoms with van der Waals surface area (Å²) in [4.78, 5) is 24.2. The molecule has 0 fully saturated rings. The number of carbonyl (C=O) groups is 2. The minimum absolute atomic E-state index is 0.0145. The fourth-order valence-electron chi connectivity index (χ4n) is 1.77. The van der Waals surface area contributed by atoms with Crippen molar-refractivity contribution in [3.63, 3.8) is 0 Å². The minimum Gasteiger partial charge on any atom is -0.481 e. The second kappa shape index (κ2) is 7.69. The van der Waals surface area contributed by atoms with Crippen LogP contribution in [0.2, 0.25) is 0 Å². The standard InChI is InChI=1S/C12H20N2O3/c1-5-7-13-12(17)10(4)14(6-2)9(3)8-11(15)16/h1,9-10H,6-8H2,2-4H3,(H,13,17)(H,15,16). The summed E-state index contributed by atoms with van der Waals surface area (Å²) in [6, 6.07) is -0.577. The number of nitrogens with zero attached hydrogens (tertiary/aromatic N) is 1. The van der Waals surface area contributed by atoms with Crippen LogP contribution in [0, 0.1) is 12.3 Å². The van der Waals surface area contributed by atoms with Gasteiger partial charge in [-0.3, -0.25) is 14.5 Å². The van der Waals surface area contributed by atoms with E-state index in [0.29, 0.717) is 6.54 Å². The van der Waals surface area contributed by atoms with Gasteiger partial charge in [-0.1, -0.05) is 12.8 Å². The van der Waals surface area contributed by atoms with E-state index >= 15 is 0 Å². The number of aliphatic carboxylic acids is 1. The molecule has 2 unspecified atom stereocenters. The van der Waals surface area contributed by atoms with Gasteiger partial charge in [0.25, 0.3) is 0 Å². The number of carbonyl (C=O) groups excluding carboxylic acids is 1. The third-order valence-corrected chi connectivity index (χ3v) is 2.64. The van der Waals surface area contributed by atoms with Gasteiger partial charge in [-0.15, -0.1) is 6.42 Å². The van der Waals surface area contributed by atoms with Crippen LogP contribution in [0.25, 0.3) is 0 Å². The second-order valence-corrected chi connectivity index (χ2v) is 3.88. The molecule has 17 heavy (non-hydrogen) atoms. The molecule has 0 aromatic carbocycles. The Morgan fingerprint density at radius 2 is 2.06 bits per heavy atom. The molecule has 0 aliphatic heterocycles. The Hall–Kier alpha value is -1.54. The van der Waals surface area contributed by atoms with Gasteiger partial charge in [-0.2, -0.15) is 0 Å². The number of terminal acetylenes is 1. The fraction of sp³-hybridized carbons (Fsp3) is 0.667. The Balaban J connectivity index is 4.48. The SMILES string of the molecule is C#CCNC(=O)C(C)N(CC)C(C)CC(=O)O. The monoisotopic (exact) mass is 240 g/mol. The number of amides is 1. The summed E-state index contributed by atoms with van der Waals surface area (Å²) in [5.41, 5.74) is 0. The number of hydrogen-bond donors (Lipinski definition) is 2. The topological polar surface area (TPSA) is 69.6 Å². The molecule has 2 atom stereocenters. The van der Waals surface area contributed by atoms with Gasteiger partial charge in [0.2, 0.25) is 5.91 Å². The van der Waals surface area contributed by atoms with E-state index in [1.807, 2.05) is 11.8 Å². The van der Waals surface area contributed by atoms with Crippen molar-refractivity contribution < 1.29 is 14.7 Å². The fourth-order valence-corrected chi connectivity index (χ4v) is 1.77. The van der Waals surface area contributed by atoms with Gasteiger partial charge in [0.15, 0.2) is 0 Å². The van der Waals surface area contributed by atoms with E-state index in [0.717, 1.165) is 0 Å². The van der Waals surface area contributed by atoms with Crippen molar-refractivity contribution in [2.45, 2.75) is 39.3 Å². The highest BCUT2D eigenvalue weighted by atomic mass is 16.4. The van der Waals surface area contributed by atoms with E-state index in [9.17, 15) is 9.59 Å². The molecule has 0 aromatic rings. The van der Waals surface area contributed by atoms with E-state index < -0.39 is 5.97 Å². The van der Waals surface area contributed by atoms with E-state index in [1.165, 1.54) is 0 Å². The van der Waals surface area contributed by atoms with Crippen LogP contribution >= 0.6 is 0 Å². The Kier molecular flexibility index (Phi) is 6.99. The number of nitrogens with one attached hydrogen (secondary N) is 1. The van der Waals surface area contributed by atoms with E-state index in [-0.39, 0.29) is 31.0 Å². The summed E-state index contributed by atoms with van der Waals surface area (Å²) >= 11 is 0. The summed E-state index contributed by atoms with van der Waals surface area (Å²) < 4.78 is 0. The van der Waals surface area contributed by atoms with Crippen molar-refractivity contribution in [1.82, 2.24) is 10.2 Å². The zero-order chi connectivity index (χ0) is 13.4. The van der Waals surface area contributed by atoms with Crippen molar-refractivity contribution >= 4 is 11.9 Å². The molecule has 1 amide bonds. The van der Waals surface area contributed by atoms with E-state index in [4.69, 9.17) is 11.5 Å². The van der Waals surface area contributed by atoms with Crippen molar-refractivity contribution in [2.75, 3.05) is 13.1 Å². The number of carboxylic acid groups (broad SMARTS) is 1. The summed E-state index contributed by atoms with van der Waals surface area (Å²) in [6.45, 7) is 6.23. The molecule has 0 heterocycles. The van der Waals surface area contributed by atoms with Gasteiger partial charge in [-0.05, 0) is 20.4 Å². The highest BCUT2D eigenvalue weighted by molar-refractivity contribution is 5.81. The lowest BCUT2D eigenvalue weighted by Gasteiger charge is -2.31. The first kappa shape index (κ1) is 15.5. The zero-order valence-electron chi connectivity index (χ0n) is 10.6. The molecule has 96 valence electrons. The predicted molar refractivity (Wildman–Crippen MR) is 65.4 cm³/mol. The molecule has 0 aliphatic carbocycles. The molecule has 0 bridgehead atoms. The lowest BCUT2D eigenvalue weighted by Crippen LogP contribution is -2.49. The Morgan fingerprint density at radius 1 is 1.47 bits per heavy atom. The third-order valence-electron chi connectivity index (χ3n) is 2.64. The Labute approximate surface area is 102 Å². The van der Waals surface area contributed by atoms with Gasteiger partial charge in [0.1, 0.15) is 0 Å². The van der Waals surface area contributed by atoms with Gasteiger partial charge >= 0.3 is 5.97 Å². The third kappa shape index (κ3) is 5.36. The molecule has 0 spiro atoms. The van der Waals surface area contributed by atoms with Crippen molar-refractivity contribution in [1.29, 1.82) is 0 Å². The van der Waals surface area contributed by atoms with Crippen LogP contribution in [0.15, 0.2) is 0 Å². The maximum absolute atomic E-state index is 11.7. The summed E-state index contributed by atoms with van der Waals surface area (Å²) in [7, 11) is 0. The number of carboxylic acids is 1. The number of likely N-dealkylation sites (N-methyl/N-ethyl adjacent to an activating group) is 1. The van der Waals surface area contributed by atoms with Crippen LogP contribution in [0.5, 0.6) is 0 Å². The molecule has 0 saturated carbocycles. The lowest BCUT2D eigenvalue weighted by atomic mass is 10.1. The molecule has 0 rings (SSSR count). The predicted octanol–water partition coefficient (Wildman–Crippen LogP) is 0.309. The smallest absolute Gasteiger partial charge is 0.304 e. The van der Waals surface area contributed by atoms with Crippen molar-refractivity contribution in [2.24, 2.45) is 0 Å². The normalized spacial score (nSPS) is 13.8. The van der Waals surface area contributed by atoms with E-state index in [1.54, 1.807) is 13.8 Å². The highest BCUT2D eigenvalue weighted by Gasteiger charge is 2.25. The van der Waals surface area contributed by atoms with Crippen LogP contribution in [0.4, 0.5) is 0 Å². The molecule has 0 aliphatic rings. The van der Waals surface area contributed by atoms with Crippen LogP contribution < -0.4 is 5.32 Å². The average molecular weight is 240 g/mol. The number of rotatable bonds is 7. The first-order valence-corrected chi connectivity index (χ1v) is 5.62. The molecular weight excluding hydrogens is 220 g/mol. The molecule has 0 radical (unpaired) electrons. The maximum atomic E-state index is 11.7. The highest BCUT2D eigenvalue weighted by Crippen LogP contribution is 2.09. The molecule has 5 heteroatoms. The van der Waals surface area contributed by atoms with Gasteiger partial charge in [-0.25, -0.2) is 0 Å². The van der Waals surface area contributed by atoms with Gasteiger partial charge in [0, 0.05) is 6.04 Å². The molecule has 2 N–H and O–H groups in total. The maximum Gasteiger partial charge on any atom is 0.304 e. The summed E-state index contributed by atoms with van der Waals surface area (Å²) in [5, 5.41) is 11.3. The van der Waals surface area contributed by atoms with Gasteiger partial charge in [0.05, 0.1) is 19.0 Å². The van der Waals surface area contributed by atoms with Crippen LogP contribution in [-0.4, -0.2) is 47.1 Å².